The molecule has 5 nitrogen and oxygen atoms in total. The van der Waals surface area contributed by atoms with Crippen molar-refractivity contribution in [1.29, 1.82) is 5.26 Å². The molecular weight excluding hydrogens is 214 g/mol. The lowest BCUT2D eigenvalue weighted by atomic mass is 10.3. The van der Waals surface area contributed by atoms with Gasteiger partial charge in [0.15, 0.2) is 5.69 Å². The first-order chi connectivity index (χ1) is 8.29. The molecule has 17 heavy (non-hydrogen) atoms. The fraction of sp³-hybridized carbons (Fsp3) is 0.0833. The van der Waals surface area contributed by atoms with Gasteiger partial charge in [-0.3, -0.25) is 4.98 Å². The number of anilines is 2. The van der Waals surface area contributed by atoms with Crippen molar-refractivity contribution in [3.63, 3.8) is 0 Å². The highest BCUT2D eigenvalue weighted by atomic mass is 15.0. The van der Waals surface area contributed by atoms with Gasteiger partial charge >= 0.3 is 0 Å². The predicted octanol–water partition coefficient (Wildman–Crippen LogP) is 1.54. The zero-order valence-electron chi connectivity index (χ0n) is 9.09. The summed E-state index contributed by atoms with van der Waals surface area (Å²) in [5, 5.41) is 11.9. The number of hydrogen-bond donors (Lipinski definition) is 2. The van der Waals surface area contributed by atoms with Gasteiger partial charge in [0.25, 0.3) is 0 Å². The van der Waals surface area contributed by atoms with Gasteiger partial charge in [-0.1, -0.05) is 6.07 Å². The maximum Gasteiger partial charge on any atom is 0.165 e. The van der Waals surface area contributed by atoms with Crippen LogP contribution in [0.15, 0.2) is 36.7 Å². The number of hydrogen-bond acceptors (Lipinski definition) is 5. The molecule has 2 heterocycles. The van der Waals surface area contributed by atoms with Crippen LogP contribution in [0.4, 0.5) is 11.5 Å². The van der Waals surface area contributed by atoms with Gasteiger partial charge in [0.1, 0.15) is 11.9 Å². The Morgan fingerprint density at radius 2 is 2.24 bits per heavy atom. The number of nitrogens with one attached hydrogen (secondary N) is 1. The molecule has 0 bridgehead atoms. The van der Waals surface area contributed by atoms with Gasteiger partial charge < -0.3 is 11.1 Å². The van der Waals surface area contributed by atoms with Gasteiger partial charge in [-0.25, -0.2) is 4.98 Å². The highest BCUT2D eigenvalue weighted by Crippen LogP contribution is 2.12. The second-order valence-corrected chi connectivity index (χ2v) is 3.46. The van der Waals surface area contributed by atoms with Crippen molar-refractivity contribution in [2.45, 2.75) is 6.54 Å². The summed E-state index contributed by atoms with van der Waals surface area (Å²) in [4.78, 5) is 8.10. The summed E-state index contributed by atoms with van der Waals surface area (Å²) < 4.78 is 0. The van der Waals surface area contributed by atoms with Crippen molar-refractivity contribution >= 4 is 11.5 Å². The van der Waals surface area contributed by atoms with E-state index < -0.39 is 0 Å². The summed E-state index contributed by atoms with van der Waals surface area (Å²) in [7, 11) is 0. The molecule has 0 aliphatic rings. The number of nitrogens with two attached hydrogens (primary N) is 1. The molecule has 0 spiro atoms. The van der Waals surface area contributed by atoms with E-state index in [0.29, 0.717) is 18.1 Å². The van der Waals surface area contributed by atoms with Gasteiger partial charge in [-0.05, 0) is 23.8 Å². The number of rotatable bonds is 3. The lowest BCUT2D eigenvalue weighted by molar-refractivity contribution is 1.08. The zero-order chi connectivity index (χ0) is 12.1. The molecule has 0 fully saturated rings. The maximum absolute atomic E-state index is 8.80. The molecule has 84 valence electrons. The van der Waals surface area contributed by atoms with Crippen molar-refractivity contribution in [2.75, 3.05) is 11.1 Å². The minimum Gasteiger partial charge on any atom is -0.396 e. The summed E-state index contributed by atoms with van der Waals surface area (Å²) >= 11 is 0. The van der Waals surface area contributed by atoms with E-state index in [1.54, 1.807) is 24.5 Å². The van der Waals surface area contributed by atoms with E-state index in [4.69, 9.17) is 11.0 Å². The maximum atomic E-state index is 8.80. The smallest absolute Gasteiger partial charge is 0.165 e. The van der Waals surface area contributed by atoms with Crippen LogP contribution in [-0.2, 0) is 6.54 Å². The molecule has 0 aromatic carbocycles. The van der Waals surface area contributed by atoms with Crippen LogP contribution < -0.4 is 11.1 Å². The summed E-state index contributed by atoms with van der Waals surface area (Å²) in [5.74, 6) is 0.625. The van der Waals surface area contributed by atoms with Crippen molar-refractivity contribution in [3.8, 4) is 6.07 Å². The van der Waals surface area contributed by atoms with Crippen molar-refractivity contribution in [3.05, 3.63) is 47.9 Å². The molecule has 2 aromatic rings. The molecule has 2 rings (SSSR count). The summed E-state index contributed by atoms with van der Waals surface area (Å²) in [6.45, 7) is 0.607. The Kier molecular flexibility index (Phi) is 3.17. The van der Waals surface area contributed by atoms with Crippen molar-refractivity contribution < 1.29 is 0 Å². The van der Waals surface area contributed by atoms with Gasteiger partial charge in [0, 0.05) is 18.9 Å². The van der Waals surface area contributed by atoms with E-state index in [2.05, 4.69) is 15.3 Å². The third kappa shape index (κ3) is 2.69. The minimum atomic E-state index is 0.237. The second kappa shape index (κ2) is 4.94. The van der Waals surface area contributed by atoms with Crippen LogP contribution in [0.3, 0.4) is 0 Å². The summed E-state index contributed by atoms with van der Waals surface area (Å²) in [5.41, 5.74) is 7.26. The Morgan fingerprint density at radius 1 is 1.35 bits per heavy atom. The normalized spacial score (nSPS) is 9.59. The molecule has 2 aromatic heterocycles. The summed E-state index contributed by atoms with van der Waals surface area (Å²) in [6, 6.07) is 9.18. The quantitative estimate of drug-likeness (QED) is 0.827. The molecule has 0 radical (unpaired) electrons. The zero-order valence-corrected chi connectivity index (χ0v) is 9.09. The van der Waals surface area contributed by atoms with E-state index in [9.17, 15) is 0 Å². The average Bonchev–Trinajstić information content (AvgIpc) is 2.39. The third-order valence-electron chi connectivity index (χ3n) is 2.23. The van der Waals surface area contributed by atoms with Crippen LogP contribution in [0.1, 0.15) is 11.3 Å². The standard InChI is InChI=1S/C12H11N5/c13-6-11-10(14)3-4-12(17-11)16-8-9-2-1-5-15-7-9/h1-5,7H,8,14H2,(H,16,17). The second-order valence-electron chi connectivity index (χ2n) is 3.46. The SMILES string of the molecule is N#Cc1nc(NCc2cccnc2)ccc1N. The largest absolute Gasteiger partial charge is 0.396 e. The number of nitrogens with zero attached hydrogens (tertiary/aromatic N) is 3. The van der Waals surface area contributed by atoms with Gasteiger partial charge in [0.05, 0.1) is 5.69 Å². The monoisotopic (exact) mass is 225 g/mol. The number of nitrogen functional groups attached to an aromatic ring is 1. The number of pyridine rings is 2. The van der Waals surface area contributed by atoms with E-state index in [0.717, 1.165) is 5.56 Å². The minimum absolute atomic E-state index is 0.237. The van der Waals surface area contributed by atoms with Crippen LogP contribution in [0.5, 0.6) is 0 Å². The fourth-order valence-corrected chi connectivity index (χ4v) is 1.35. The van der Waals surface area contributed by atoms with E-state index in [1.807, 2.05) is 18.2 Å². The number of nitriles is 1. The Morgan fingerprint density at radius 3 is 2.94 bits per heavy atom. The molecular formula is C12H11N5. The first kappa shape index (κ1) is 10.9. The highest BCUT2D eigenvalue weighted by Gasteiger charge is 2.01. The topological polar surface area (TPSA) is 87.6 Å². The molecule has 3 N–H and O–H groups in total. The Hall–Kier alpha value is -2.61. The van der Waals surface area contributed by atoms with E-state index >= 15 is 0 Å². The molecule has 0 saturated heterocycles. The van der Waals surface area contributed by atoms with Gasteiger partial charge in [-0.15, -0.1) is 0 Å². The molecule has 5 heteroatoms. The first-order valence-corrected chi connectivity index (χ1v) is 5.09. The van der Waals surface area contributed by atoms with Crippen LogP contribution in [0.25, 0.3) is 0 Å². The van der Waals surface area contributed by atoms with E-state index in [1.165, 1.54) is 0 Å². The molecule has 0 amide bonds. The van der Waals surface area contributed by atoms with E-state index in [-0.39, 0.29) is 5.69 Å². The Labute approximate surface area is 98.9 Å². The van der Waals surface area contributed by atoms with Crippen LogP contribution in [0, 0.1) is 11.3 Å². The van der Waals surface area contributed by atoms with Crippen molar-refractivity contribution in [2.24, 2.45) is 0 Å². The molecule has 0 aliphatic heterocycles. The first-order valence-electron chi connectivity index (χ1n) is 5.09. The fourth-order valence-electron chi connectivity index (χ4n) is 1.35. The Balaban J connectivity index is 2.08. The summed E-state index contributed by atoms with van der Waals surface area (Å²) in [6.07, 6.45) is 3.49. The Bertz CT molecular complexity index is 545. The van der Waals surface area contributed by atoms with Crippen LogP contribution in [-0.4, -0.2) is 9.97 Å². The third-order valence-corrected chi connectivity index (χ3v) is 2.23. The predicted molar refractivity (Wildman–Crippen MR) is 64.9 cm³/mol. The van der Waals surface area contributed by atoms with Gasteiger partial charge in [0.2, 0.25) is 0 Å². The van der Waals surface area contributed by atoms with Gasteiger partial charge in [-0.2, -0.15) is 5.26 Å². The molecule has 0 atom stereocenters. The number of aromatic nitrogens is 2. The highest BCUT2D eigenvalue weighted by molar-refractivity contribution is 5.54. The molecule has 0 saturated carbocycles. The van der Waals surface area contributed by atoms with Crippen molar-refractivity contribution in [1.82, 2.24) is 9.97 Å². The molecule has 0 unspecified atom stereocenters. The lowest BCUT2D eigenvalue weighted by Crippen LogP contribution is -2.03. The van der Waals surface area contributed by atoms with Crippen LogP contribution >= 0.6 is 0 Å². The van der Waals surface area contributed by atoms with Crippen LogP contribution in [0.2, 0.25) is 0 Å². The average molecular weight is 225 g/mol. The lowest BCUT2D eigenvalue weighted by Gasteiger charge is -2.06. The molecule has 0 aliphatic carbocycles.